The second-order valence-corrected chi connectivity index (χ2v) is 12.1. The summed E-state index contributed by atoms with van der Waals surface area (Å²) in [4.78, 5) is 34.5. The molecule has 7 heteroatoms. The number of Topliss-reactive ketones (excluding diaryl/α,β-unsaturated/α-hetero) is 1. The SMILES string of the molecule is CC(=O)OI1(O)(OC(C)=O)CC(=O)c2ccccc21. The summed E-state index contributed by atoms with van der Waals surface area (Å²) in [7, 11) is 0. The number of carbonyl (C=O) groups is 3. The minimum atomic E-state index is -5.51. The van der Waals surface area contributed by atoms with Gasteiger partial charge in [-0.2, -0.15) is 0 Å². The topological polar surface area (TPSA) is 89.9 Å². The first-order valence-electron chi connectivity index (χ1n) is 5.39. The maximum atomic E-state index is 12.0. The van der Waals surface area contributed by atoms with Crippen LogP contribution in [-0.2, 0) is 15.7 Å². The van der Waals surface area contributed by atoms with Crippen molar-refractivity contribution in [2.45, 2.75) is 13.8 Å². The summed E-state index contributed by atoms with van der Waals surface area (Å²) in [5.74, 6) is -1.97. The molecule has 0 saturated carbocycles. The zero-order valence-electron chi connectivity index (χ0n) is 10.4. The maximum absolute atomic E-state index is 12.0. The normalized spacial score (nSPS) is 20.8. The second kappa shape index (κ2) is 4.27. The summed E-state index contributed by atoms with van der Waals surface area (Å²) < 4.78 is 20.6. The van der Waals surface area contributed by atoms with Gasteiger partial charge >= 0.3 is 112 Å². The summed E-state index contributed by atoms with van der Waals surface area (Å²) >= 11 is -5.51. The van der Waals surface area contributed by atoms with Crippen LogP contribution in [0.2, 0.25) is 0 Å². The Morgan fingerprint density at radius 3 is 2.21 bits per heavy atom. The first-order valence-corrected chi connectivity index (χ1v) is 10.7. The molecule has 0 unspecified atom stereocenters. The predicted molar refractivity (Wildman–Crippen MR) is 74.1 cm³/mol. The van der Waals surface area contributed by atoms with E-state index < -0.39 is 40.4 Å². The number of fused-ring (bicyclic) bond motifs is 1. The van der Waals surface area contributed by atoms with Crippen molar-refractivity contribution in [2.75, 3.05) is 4.43 Å². The molecule has 0 bridgehead atoms. The third kappa shape index (κ3) is 2.23. The third-order valence-corrected chi connectivity index (χ3v) is 10.8. The number of benzene rings is 1. The molecular weight excluding hydrogens is 367 g/mol. The molecule has 0 spiro atoms. The average molecular weight is 380 g/mol. The molecule has 19 heavy (non-hydrogen) atoms. The molecule has 0 atom stereocenters. The van der Waals surface area contributed by atoms with E-state index in [0.29, 0.717) is 0 Å². The molecule has 0 amide bonds. The molecule has 1 aliphatic rings. The van der Waals surface area contributed by atoms with Crippen molar-refractivity contribution in [3.63, 3.8) is 0 Å². The fraction of sp³-hybridized carbons (Fsp3) is 0.250. The molecule has 6 nitrogen and oxygen atoms in total. The number of carbonyl (C=O) groups excluding carboxylic acids is 3. The number of ketones is 1. The molecule has 104 valence electrons. The van der Waals surface area contributed by atoms with Gasteiger partial charge in [-0.3, -0.25) is 0 Å². The summed E-state index contributed by atoms with van der Waals surface area (Å²) in [6.45, 7) is 2.19. The number of hydrogen-bond acceptors (Lipinski definition) is 6. The summed E-state index contributed by atoms with van der Waals surface area (Å²) in [6.07, 6.45) is 0. The van der Waals surface area contributed by atoms with E-state index in [1.165, 1.54) is 12.1 Å². The fourth-order valence-corrected chi connectivity index (χ4v) is 9.99. The van der Waals surface area contributed by atoms with Crippen molar-refractivity contribution in [1.29, 1.82) is 0 Å². The molecule has 0 aromatic heterocycles. The van der Waals surface area contributed by atoms with Gasteiger partial charge in [-0.05, 0) is 0 Å². The van der Waals surface area contributed by atoms with Crippen molar-refractivity contribution in [1.82, 2.24) is 0 Å². The van der Waals surface area contributed by atoms with Crippen LogP contribution >= 0.6 is 18.3 Å². The van der Waals surface area contributed by atoms with E-state index in [9.17, 15) is 17.8 Å². The van der Waals surface area contributed by atoms with Gasteiger partial charge in [-0.1, -0.05) is 0 Å². The monoisotopic (exact) mass is 380 g/mol. The Morgan fingerprint density at radius 1 is 1.16 bits per heavy atom. The molecule has 0 radical (unpaired) electrons. The van der Waals surface area contributed by atoms with Gasteiger partial charge in [0.15, 0.2) is 0 Å². The number of halogens is 1. The Labute approximate surface area is 112 Å². The first-order chi connectivity index (χ1) is 8.75. The van der Waals surface area contributed by atoms with Crippen LogP contribution in [-0.4, -0.2) is 25.6 Å². The van der Waals surface area contributed by atoms with E-state index in [-0.39, 0.29) is 9.13 Å². The van der Waals surface area contributed by atoms with Gasteiger partial charge in [0.1, 0.15) is 0 Å². The van der Waals surface area contributed by atoms with Gasteiger partial charge in [-0.15, -0.1) is 0 Å². The fourth-order valence-electron chi connectivity index (χ4n) is 1.97. The van der Waals surface area contributed by atoms with Crippen LogP contribution < -0.4 is 0 Å². The summed E-state index contributed by atoms with van der Waals surface area (Å²) in [5.41, 5.74) is 0.238. The Morgan fingerprint density at radius 2 is 1.68 bits per heavy atom. The van der Waals surface area contributed by atoms with Crippen molar-refractivity contribution in [3.05, 3.63) is 33.4 Å². The van der Waals surface area contributed by atoms with E-state index in [1.54, 1.807) is 12.1 Å². The molecule has 1 aliphatic heterocycles. The van der Waals surface area contributed by atoms with Gasteiger partial charge in [0.25, 0.3) is 0 Å². The van der Waals surface area contributed by atoms with Gasteiger partial charge in [0.2, 0.25) is 0 Å². The number of alkyl halides is 1. The van der Waals surface area contributed by atoms with Crippen molar-refractivity contribution < 1.29 is 24.0 Å². The van der Waals surface area contributed by atoms with Gasteiger partial charge < -0.3 is 0 Å². The zero-order chi connectivity index (χ0) is 14.3. The zero-order valence-corrected chi connectivity index (χ0v) is 12.5. The second-order valence-electron chi connectivity index (χ2n) is 4.09. The standard InChI is InChI=1S/C12H13IO6/c1-8(14)18-13(17,19-9(2)15)7-12(16)10-5-3-4-6-11(10)13/h3-6,17H,7H2,1-2H3. The van der Waals surface area contributed by atoms with Crippen molar-refractivity contribution in [2.24, 2.45) is 0 Å². The van der Waals surface area contributed by atoms with Gasteiger partial charge in [0, 0.05) is 0 Å². The molecule has 0 fully saturated rings. The van der Waals surface area contributed by atoms with E-state index in [0.717, 1.165) is 13.8 Å². The van der Waals surface area contributed by atoms with E-state index in [2.05, 4.69) is 0 Å². The van der Waals surface area contributed by atoms with Crippen LogP contribution in [0, 0.1) is 3.57 Å². The predicted octanol–water partition coefficient (Wildman–Crippen LogP) is 1.49. The number of hydrogen-bond donors (Lipinski definition) is 1. The van der Waals surface area contributed by atoms with Crippen LogP contribution in [0.4, 0.5) is 0 Å². The van der Waals surface area contributed by atoms with E-state index in [1.807, 2.05) is 0 Å². The first kappa shape index (κ1) is 13.9. The third-order valence-electron chi connectivity index (χ3n) is 2.47. The van der Waals surface area contributed by atoms with Crippen LogP contribution in [0.1, 0.15) is 24.2 Å². The Balaban J connectivity index is 2.68. The van der Waals surface area contributed by atoms with Gasteiger partial charge in [0.05, 0.1) is 0 Å². The summed E-state index contributed by atoms with van der Waals surface area (Å²) in [6, 6.07) is 6.18. The van der Waals surface area contributed by atoms with Crippen molar-refractivity contribution >= 4 is 36.0 Å². The van der Waals surface area contributed by atoms with Crippen molar-refractivity contribution in [3.8, 4) is 0 Å². The quantitative estimate of drug-likeness (QED) is 0.618. The molecule has 0 aliphatic carbocycles. The Hall–Kier alpha value is -1.48. The Bertz CT molecular complexity index is 569. The molecule has 1 aromatic carbocycles. The molecule has 1 heterocycles. The van der Waals surface area contributed by atoms with Crippen LogP contribution in [0.3, 0.4) is 0 Å². The number of rotatable bonds is 2. The van der Waals surface area contributed by atoms with E-state index in [4.69, 9.17) is 6.13 Å². The Kier molecular flexibility index (Phi) is 3.13. The van der Waals surface area contributed by atoms with E-state index >= 15 is 0 Å². The van der Waals surface area contributed by atoms with Crippen LogP contribution in [0.25, 0.3) is 0 Å². The van der Waals surface area contributed by atoms with Gasteiger partial charge in [-0.25, -0.2) is 0 Å². The molecule has 2 rings (SSSR count). The average Bonchev–Trinajstić information content (AvgIpc) is 2.47. The minimum absolute atomic E-state index is 0.142. The summed E-state index contributed by atoms with van der Waals surface area (Å²) in [5, 5.41) is 0. The molecular formula is C12H13IO6. The van der Waals surface area contributed by atoms with Crippen LogP contribution in [0.15, 0.2) is 24.3 Å². The molecule has 1 aromatic rings. The molecule has 0 saturated heterocycles. The molecule has 1 N–H and O–H groups in total. The van der Waals surface area contributed by atoms with Crippen LogP contribution in [0.5, 0.6) is 0 Å².